The molecule has 1 atom stereocenters. The largest absolute Gasteiger partial charge is 0.493 e. The molecule has 3 heterocycles. The van der Waals surface area contributed by atoms with Gasteiger partial charge in [-0.15, -0.1) is 0 Å². The molecule has 2 aliphatic heterocycles. The van der Waals surface area contributed by atoms with Crippen LogP contribution in [-0.4, -0.2) is 53.5 Å². The number of aromatic nitrogens is 1. The zero-order valence-electron chi connectivity index (χ0n) is 20.4. The molecule has 2 saturated heterocycles. The number of carbonyl (C=O) groups excluding carboxylic acids is 1. The molecule has 2 fully saturated rings. The van der Waals surface area contributed by atoms with Crippen molar-refractivity contribution < 1.29 is 9.53 Å². The first-order chi connectivity index (χ1) is 17.2. The predicted molar refractivity (Wildman–Crippen MR) is 138 cm³/mol. The highest BCUT2D eigenvalue weighted by Gasteiger charge is 2.25. The molecule has 0 spiro atoms. The highest BCUT2D eigenvalue weighted by molar-refractivity contribution is 5.93. The Labute approximate surface area is 208 Å². The second kappa shape index (κ2) is 11.5. The lowest BCUT2D eigenvalue weighted by Crippen LogP contribution is -2.41. The van der Waals surface area contributed by atoms with E-state index in [1.165, 1.54) is 24.0 Å². The van der Waals surface area contributed by atoms with Crippen molar-refractivity contribution in [3.8, 4) is 5.75 Å². The predicted octanol–water partition coefficient (Wildman–Crippen LogP) is 5.39. The summed E-state index contributed by atoms with van der Waals surface area (Å²) in [6.45, 7) is 5.48. The average molecular weight is 470 g/mol. The van der Waals surface area contributed by atoms with E-state index < -0.39 is 0 Å². The molecule has 1 amide bonds. The van der Waals surface area contributed by atoms with Crippen molar-refractivity contribution in [2.75, 3.05) is 32.8 Å². The first-order valence-electron chi connectivity index (χ1n) is 12.9. The van der Waals surface area contributed by atoms with Crippen LogP contribution in [0.1, 0.15) is 53.1 Å². The minimum atomic E-state index is 0.0694. The third-order valence-corrected chi connectivity index (χ3v) is 7.39. The summed E-state index contributed by atoms with van der Waals surface area (Å²) in [5, 5.41) is 0. The fourth-order valence-corrected chi connectivity index (χ4v) is 5.37. The van der Waals surface area contributed by atoms with Crippen LogP contribution in [0.3, 0.4) is 0 Å². The maximum absolute atomic E-state index is 12.8. The second-order valence-corrected chi connectivity index (χ2v) is 9.92. The van der Waals surface area contributed by atoms with E-state index in [9.17, 15) is 4.79 Å². The lowest BCUT2D eigenvalue weighted by molar-refractivity contribution is 0.0633. The van der Waals surface area contributed by atoms with Crippen molar-refractivity contribution in [2.45, 2.75) is 38.1 Å². The topological polar surface area (TPSA) is 45.7 Å². The smallest absolute Gasteiger partial charge is 0.255 e. The van der Waals surface area contributed by atoms with Crippen molar-refractivity contribution in [3.63, 3.8) is 0 Å². The van der Waals surface area contributed by atoms with Crippen LogP contribution in [0.2, 0.25) is 0 Å². The number of likely N-dealkylation sites (tertiary alicyclic amines) is 2. The van der Waals surface area contributed by atoms with Gasteiger partial charge in [-0.2, -0.15) is 0 Å². The summed E-state index contributed by atoms with van der Waals surface area (Å²) in [6, 6.07) is 23.1. The van der Waals surface area contributed by atoms with Crippen LogP contribution in [0, 0.1) is 5.92 Å². The summed E-state index contributed by atoms with van der Waals surface area (Å²) in [7, 11) is 0. The van der Waals surface area contributed by atoms with E-state index in [2.05, 4.69) is 64.5 Å². The Morgan fingerprint density at radius 3 is 2.46 bits per heavy atom. The van der Waals surface area contributed by atoms with Gasteiger partial charge in [0.25, 0.3) is 5.91 Å². The van der Waals surface area contributed by atoms with Gasteiger partial charge in [-0.05, 0) is 80.1 Å². The van der Waals surface area contributed by atoms with Gasteiger partial charge in [0.15, 0.2) is 0 Å². The third-order valence-electron chi connectivity index (χ3n) is 7.39. The Bertz CT molecular complexity index is 1060. The van der Waals surface area contributed by atoms with Gasteiger partial charge in [0, 0.05) is 37.9 Å². The number of nitrogens with zero attached hydrogens (tertiary/aromatic N) is 3. The van der Waals surface area contributed by atoms with Crippen LogP contribution >= 0.6 is 0 Å². The lowest BCUT2D eigenvalue weighted by Gasteiger charge is -2.33. The molecule has 0 bridgehead atoms. The number of piperidine rings is 2. The molecule has 0 N–H and O–H groups in total. The number of carbonyl (C=O) groups is 1. The van der Waals surface area contributed by atoms with Gasteiger partial charge >= 0.3 is 0 Å². The van der Waals surface area contributed by atoms with Crippen LogP contribution in [0.25, 0.3) is 0 Å². The Hall–Kier alpha value is -3.18. The molecule has 35 heavy (non-hydrogen) atoms. The molecule has 0 unspecified atom stereocenters. The van der Waals surface area contributed by atoms with E-state index in [0.29, 0.717) is 24.0 Å². The summed E-state index contributed by atoms with van der Waals surface area (Å²) < 4.78 is 6.12. The highest BCUT2D eigenvalue weighted by atomic mass is 16.5. The standard InChI is InChI=1S/C30H35N3O2/c34-30(28-9-4-16-31-20-28)33-17-5-6-25(22-33)23-35-29-12-10-24(11-13-29)21-32-18-14-27(15-19-32)26-7-2-1-3-8-26/h1-4,7-13,16,20,25,27H,5-6,14-15,17-19,21-23H2/t25-/m1/s1. The Balaban J connectivity index is 1.06. The second-order valence-electron chi connectivity index (χ2n) is 9.92. The van der Waals surface area contributed by atoms with Crippen LogP contribution in [-0.2, 0) is 6.54 Å². The first-order valence-corrected chi connectivity index (χ1v) is 12.9. The number of hydrogen-bond donors (Lipinski definition) is 0. The maximum atomic E-state index is 12.8. The summed E-state index contributed by atoms with van der Waals surface area (Å²) >= 11 is 0. The molecule has 5 heteroatoms. The van der Waals surface area contributed by atoms with Crippen molar-refractivity contribution in [3.05, 3.63) is 95.8 Å². The van der Waals surface area contributed by atoms with Crippen molar-refractivity contribution >= 4 is 5.91 Å². The van der Waals surface area contributed by atoms with Crippen LogP contribution in [0.4, 0.5) is 0 Å². The van der Waals surface area contributed by atoms with Crippen molar-refractivity contribution in [1.82, 2.24) is 14.8 Å². The maximum Gasteiger partial charge on any atom is 0.255 e. The zero-order chi connectivity index (χ0) is 23.9. The van der Waals surface area contributed by atoms with Crippen molar-refractivity contribution in [2.24, 2.45) is 5.92 Å². The molecule has 5 rings (SSSR count). The molecule has 2 aromatic carbocycles. The summed E-state index contributed by atoms with van der Waals surface area (Å²) in [6.07, 6.45) is 7.91. The molecule has 182 valence electrons. The summed E-state index contributed by atoms with van der Waals surface area (Å²) in [5.41, 5.74) is 3.48. The number of rotatable bonds is 7. The normalized spacial score (nSPS) is 19.4. The van der Waals surface area contributed by atoms with Gasteiger partial charge in [0.2, 0.25) is 0 Å². The molecule has 0 saturated carbocycles. The molecule has 1 aromatic heterocycles. The molecule has 0 radical (unpaired) electrons. The average Bonchev–Trinajstić information content (AvgIpc) is 2.94. The fourth-order valence-electron chi connectivity index (χ4n) is 5.37. The van der Waals surface area contributed by atoms with Gasteiger partial charge in [-0.3, -0.25) is 14.7 Å². The van der Waals surface area contributed by atoms with Gasteiger partial charge in [0.1, 0.15) is 5.75 Å². The number of hydrogen-bond acceptors (Lipinski definition) is 4. The van der Waals surface area contributed by atoms with Gasteiger partial charge in [-0.1, -0.05) is 42.5 Å². The minimum absolute atomic E-state index is 0.0694. The zero-order valence-corrected chi connectivity index (χ0v) is 20.4. The van der Waals surface area contributed by atoms with E-state index in [1.54, 1.807) is 12.4 Å². The van der Waals surface area contributed by atoms with Gasteiger partial charge in [-0.25, -0.2) is 0 Å². The van der Waals surface area contributed by atoms with E-state index in [0.717, 1.165) is 51.3 Å². The van der Waals surface area contributed by atoms with E-state index in [-0.39, 0.29) is 5.91 Å². The summed E-state index contributed by atoms with van der Waals surface area (Å²) in [4.78, 5) is 21.3. The van der Waals surface area contributed by atoms with E-state index in [1.807, 2.05) is 17.0 Å². The van der Waals surface area contributed by atoms with Crippen molar-refractivity contribution in [1.29, 1.82) is 0 Å². The van der Waals surface area contributed by atoms with Crippen LogP contribution < -0.4 is 4.74 Å². The Morgan fingerprint density at radius 1 is 0.914 bits per heavy atom. The lowest BCUT2D eigenvalue weighted by atomic mass is 9.89. The number of pyridine rings is 1. The minimum Gasteiger partial charge on any atom is -0.493 e. The SMILES string of the molecule is O=C(c1cccnc1)N1CCC[C@@H](COc2ccc(CN3CCC(c4ccccc4)CC3)cc2)C1. The quantitative estimate of drug-likeness (QED) is 0.465. The molecule has 2 aliphatic rings. The highest BCUT2D eigenvalue weighted by Crippen LogP contribution is 2.28. The number of ether oxygens (including phenoxy) is 1. The fraction of sp³-hybridized carbons (Fsp3) is 0.400. The Kier molecular flexibility index (Phi) is 7.74. The summed E-state index contributed by atoms with van der Waals surface area (Å²) in [5.74, 6) is 2.03. The van der Waals surface area contributed by atoms with E-state index >= 15 is 0 Å². The Morgan fingerprint density at radius 2 is 1.71 bits per heavy atom. The van der Waals surface area contributed by atoms with Crippen LogP contribution in [0.5, 0.6) is 5.75 Å². The van der Waals surface area contributed by atoms with E-state index in [4.69, 9.17) is 4.74 Å². The third kappa shape index (κ3) is 6.29. The monoisotopic (exact) mass is 469 g/mol. The molecule has 0 aliphatic carbocycles. The number of benzene rings is 2. The molecule has 3 aromatic rings. The molecule has 5 nitrogen and oxygen atoms in total. The first kappa shape index (κ1) is 23.6. The van der Waals surface area contributed by atoms with Crippen LogP contribution in [0.15, 0.2) is 79.1 Å². The molecular formula is C30H35N3O2. The number of amides is 1. The van der Waals surface area contributed by atoms with Gasteiger partial charge < -0.3 is 9.64 Å². The van der Waals surface area contributed by atoms with Gasteiger partial charge in [0.05, 0.1) is 12.2 Å². The molecular weight excluding hydrogens is 434 g/mol.